The molecule has 5 nitrogen and oxygen atoms in total. The maximum Gasteiger partial charge on any atom is 0.491 e. The number of carbonyl (C=O) groups is 1. The van der Waals surface area contributed by atoms with Gasteiger partial charge in [-0.25, -0.2) is 4.79 Å². The minimum atomic E-state index is -1.18. The highest BCUT2D eigenvalue weighted by Gasteiger charge is 2.39. The number of aliphatic carboxylic acids is 1. The number of aliphatic hydroxyl groups is 1. The minimum absolute atomic E-state index is 0.528. The lowest BCUT2D eigenvalue weighted by molar-refractivity contribution is -0.131. The van der Waals surface area contributed by atoms with E-state index in [4.69, 9.17) is 9.76 Å². The third kappa shape index (κ3) is 5.01. The summed E-state index contributed by atoms with van der Waals surface area (Å²) in [6, 6.07) is 6.65. The van der Waals surface area contributed by atoms with Gasteiger partial charge in [0.25, 0.3) is 0 Å². The Balaban J connectivity index is 2.80. The first-order valence-electron chi connectivity index (χ1n) is 6.62. The van der Waals surface area contributed by atoms with Gasteiger partial charge >= 0.3 is 13.1 Å². The van der Waals surface area contributed by atoms with Crippen molar-refractivity contribution in [3.8, 4) is 0 Å². The summed E-state index contributed by atoms with van der Waals surface area (Å²) >= 11 is 0. The van der Waals surface area contributed by atoms with Crippen molar-refractivity contribution in [1.29, 1.82) is 0 Å². The maximum absolute atomic E-state index is 10.4. The van der Waals surface area contributed by atoms with E-state index in [0.717, 1.165) is 6.08 Å². The van der Waals surface area contributed by atoms with E-state index in [1.807, 2.05) is 0 Å². The third-order valence-corrected chi connectivity index (χ3v) is 3.52. The summed E-state index contributed by atoms with van der Waals surface area (Å²) in [7, 11) is -1.18. The second kappa shape index (κ2) is 6.43. The van der Waals surface area contributed by atoms with Gasteiger partial charge in [-0.15, -0.1) is 0 Å². The van der Waals surface area contributed by atoms with Gasteiger partial charge in [-0.2, -0.15) is 0 Å². The smallest absolute Gasteiger partial charge is 0.478 e. The van der Waals surface area contributed by atoms with Crippen molar-refractivity contribution in [3.63, 3.8) is 0 Å². The molecule has 1 aromatic rings. The van der Waals surface area contributed by atoms with Crippen LogP contribution in [0.15, 0.2) is 30.3 Å². The van der Waals surface area contributed by atoms with Crippen LogP contribution >= 0.6 is 0 Å². The molecule has 0 bridgehead atoms. The van der Waals surface area contributed by atoms with Crippen LogP contribution in [0, 0.1) is 0 Å². The van der Waals surface area contributed by atoms with Gasteiger partial charge in [0, 0.05) is 6.08 Å². The van der Waals surface area contributed by atoms with Gasteiger partial charge in [-0.05, 0) is 44.8 Å². The first kappa shape index (κ1) is 17.4. The average molecular weight is 292 g/mol. The molecule has 0 radical (unpaired) electrons. The van der Waals surface area contributed by atoms with Gasteiger partial charge in [0.1, 0.15) is 0 Å². The Bertz CT molecular complexity index is 514. The summed E-state index contributed by atoms with van der Waals surface area (Å²) in [5, 5.41) is 28.6. The molecule has 0 fully saturated rings. The fourth-order valence-corrected chi connectivity index (χ4v) is 1.43. The quantitative estimate of drug-likeness (QED) is 0.538. The largest absolute Gasteiger partial charge is 0.491 e. The lowest BCUT2D eigenvalue weighted by Crippen LogP contribution is -2.53. The summed E-state index contributed by atoms with van der Waals surface area (Å²) in [6.45, 7) is 6.61. The van der Waals surface area contributed by atoms with E-state index < -0.39 is 24.3 Å². The Morgan fingerprint density at radius 3 is 2.14 bits per heavy atom. The zero-order valence-electron chi connectivity index (χ0n) is 12.7. The van der Waals surface area contributed by atoms with E-state index in [9.17, 15) is 14.9 Å². The van der Waals surface area contributed by atoms with Crippen LogP contribution in [0.25, 0.3) is 6.08 Å². The monoisotopic (exact) mass is 292 g/mol. The molecule has 0 spiro atoms. The Morgan fingerprint density at radius 1 is 1.19 bits per heavy atom. The molecule has 6 heteroatoms. The maximum atomic E-state index is 10.4. The lowest BCUT2D eigenvalue weighted by atomic mass is 9.76. The predicted molar refractivity (Wildman–Crippen MR) is 82.2 cm³/mol. The zero-order valence-corrected chi connectivity index (χ0v) is 12.7. The molecule has 0 unspecified atom stereocenters. The van der Waals surface area contributed by atoms with Gasteiger partial charge in [0.2, 0.25) is 0 Å². The van der Waals surface area contributed by atoms with Crippen molar-refractivity contribution in [2.45, 2.75) is 38.9 Å². The second-order valence-electron chi connectivity index (χ2n) is 5.88. The van der Waals surface area contributed by atoms with E-state index in [1.165, 1.54) is 6.08 Å². The van der Waals surface area contributed by atoms with E-state index >= 15 is 0 Å². The van der Waals surface area contributed by atoms with Crippen molar-refractivity contribution < 1.29 is 24.7 Å². The highest BCUT2D eigenvalue weighted by molar-refractivity contribution is 6.60. The molecule has 0 saturated carbocycles. The molecule has 0 aliphatic heterocycles. The first-order chi connectivity index (χ1) is 9.53. The molecule has 1 rings (SSSR count). The molecule has 0 atom stereocenters. The molecule has 114 valence electrons. The van der Waals surface area contributed by atoms with Crippen molar-refractivity contribution in [2.75, 3.05) is 0 Å². The van der Waals surface area contributed by atoms with Crippen LogP contribution in [0.5, 0.6) is 0 Å². The summed E-state index contributed by atoms with van der Waals surface area (Å²) in [5.41, 5.74) is -0.818. The fraction of sp³-hybridized carbons (Fsp3) is 0.400. The summed E-state index contributed by atoms with van der Waals surface area (Å²) in [5.74, 6) is -1.02. The normalized spacial score (nSPS) is 12.7. The van der Waals surface area contributed by atoms with Crippen molar-refractivity contribution >= 4 is 24.6 Å². The molecule has 0 amide bonds. The molecule has 0 aromatic heterocycles. The number of rotatable bonds is 6. The van der Waals surface area contributed by atoms with Gasteiger partial charge < -0.3 is 19.9 Å². The minimum Gasteiger partial charge on any atom is -0.478 e. The summed E-state index contributed by atoms with van der Waals surface area (Å²) < 4.78 is 5.52. The van der Waals surface area contributed by atoms with E-state index in [0.29, 0.717) is 11.0 Å². The fourth-order valence-electron chi connectivity index (χ4n) is 1.43. The van der Waals surface area contributed by atoms with Gasteiger partial charge in [-0.1, -0.05) is 24.3 Å². The molecule has 1 aromatic carbocycles. The SMILES string of the molecule is CC(C)(O)C(C)(C)OB(O)c1ccc(/C=C/C(=O)O)cc1. The van der Waals surface area contributed by atoms with E-state index in [2.05, 4.69) is 0 Å². The Kier molecular flexibility index (Phi) is 5.33. The van der Waals surface area contributed by atoms with Crippen LogP contribution in [-0.4, -0.2) is 39.5 Å². The third-order valence-electron chi connectivity index (χ3n) is 3.52. The first-order valence-corrected chi connectivity index (χ1v) is 6.62. The molecule has 0 saturated heterocycles. The number of hydrogen-bond donors (Lipinski definition) is 3. The van der Waals surface area contributed by atoms with Crippen LogP contribution in [0.4, 0.5) is 0 Å². The molecule has 3 N–H and O–H groups in total. The lowest BCUT2D eigenvalue weighted by Gasteiger charge is -2.38. The Hall–Kier alpha value is -1.63. The molecule has 0 heterocycles. The second-order valence-corrected chi connectivity index (χ2v) is 5.88. The Morgan fingerprint density at radius 2 is 1.71 bits per heavy atom. The van der Waals surface area contributed by atoms with Crippen molar-refractivity contribution in [3.05, 3.63) is 35.9 Å². The highest BCUT2D eigenvalue weighted by Crippen LogP contribution is 2.25. The number of carboxylic acid groups (broad SMARTS) is 1. The average Bonchev–Trinajstić information content (AvgIpc) is 2.35. The Labute approximate surface area is 125 Å². The molecular weight excluding hydrogens is 271 g/mol. The summed E-state index contributed by atoms with van der Waals surface area (Å²) in [6.07, 6.45) is 2.50. The van der Waals surface area contributed by atoms with Crippen LogP contribution < -0.4 is 5.46 Å². The zero-order chi connectivity index (χ0) is 16.3. The molecule has 0 aliphatic carbocycles. The van der Waals surface area contributed by atoms with E-state index in [1.54, 1.807) is 52.0 Å². The van der Waals surface area contributed by atoms with E-state index in [-0.39, 0.29) is 0 Å². The highest BCUT2D eigenvalue weighted by atomic mass is 16.5. The predicted octanol–water partition coefficient (Wildman–Crippen LogP) is 1.04. The van der Waals surface area contributed by atoms with Crippen molar-refractivity contribution in [2.24, 2.45) is 0 Å². The molecule has 0 aliphatic rings. The van der Waals surface area contributed by atoms with Gasteiger partial charge in [0.05, 0.1) is 11.2 Å². The van der Waals surface area contributed by atoms with Crippen LogP contribution in [0.3, 0.4) is 0 Å². The number of hydrogen-bond acceptors (Lipinski definition) is 4. The van der Waals surface area contributed by atoms with Crippen LogP contribution in [-0.2, 0) is 9.45 Å². The summed E-state index contributed by atoms with van der Waals surface area (Å²) in [4.78, 5) is 10.4. The van der Waals surface area contributed by atoms with Gasteiger partial charge in [0.15, 0.2) is 0 Å². The topological polar surface area (TPSA) is 87.0 Å². The number of benzene rings is 1. The van der Waals surface area contributed by atoms with Crippen molar-refractivity contribution in [1.82, 2.24) is 0 Å². The van der Waals surface area contributed by atoms with Gasteiger partial charge in [-0.3, -0.25) is 0 Å². The van der Waals surface area contributed by atoms with Crippen LogP contribution in [0.1, 0.15) is 33.3 Å². The number of carboxylic acids is 1. The molecular formula is C15H21BO5. The molecule has 21 heavy (non-hydrogen) atoms. The van der Waals surface area contributed by atoms with Crippen LogP contribution in [0.2, 0.25) is 0 Å². The standard InChI is InChI=1S/C15H21BO5/c1-14(2,19)15(3,4)21-16(20)12-8-5-11(6-9-12)7-10-13(17)18/h5-10,19-20H,1-4H3,(H,17,18)/b10-7+.